The van der Waals surface area contributed by atoms with Gasteiger partial charge in [0, 0.05) is 0 Å². The first-order chi connectivity index (χ1) is 7.83. The molecular weight excluding hydrogens is 312 g/mol. The number of rotatable bonds is 4. The Kier molecular flexibility index (Phi) is 4.16. The molecule has 0 fully saturated rings. The topological polar surface area (TPSA) is 80.7 Å². The lowest BCUT2D eigenvalue weighted by Crippen LogP contribution is -2.08. The summed E-state index contributed by atoms with van der Waals surface area (Å²) in [5.74, 6) is -1.23. The molecule has 0 amide bonds. The maximum absolute atomic E-state index is 11.7. The number of benzene rings is 1. The molecule has 17 heavy (non-hydrogen) atoms. The van der Waals surface area contributed by atoms with E-state index in [9.17, 15) is 13.2 Å². The molecule has 1 aromatic carbocycles. The van der Waals surface area contributed by atoms with Crippen molar-refractivity contribution in [1.82, 2.24) is 0 Å². The van der Waals surface area contributed by atoms with Crippen LogP contribution in [-0.4, -0.2) is 32.4 Å². The number of ether oxygens (including phenoxy) is 1. The fourth-order valence-electron chi connectivity index (χ4n) is 1.28. The quantitative estimate of drug-likeness (QED) is 0.916. The van der Waals surface area contributed by atoms with Gasteiger partial charge in [-0.15, -0.1) is 0 Å². The van der Waals surface area contributed by atoms with Gasteiger partial charge >= 0.3 is 5.97 Å². The van der Waals surface area contributed by atoms with E-state index in [0.717, 1.165) is 6.07 Å². The fraction of sp³-hybridized carbons (Fsp3) is 0.300. The van der Waals surface area contributed by atoms with Crippen LogP contribution in [0.25, 0.3) is 0 Å². The molecule has 0 spiro atoms. The lowest BCUT2D eigenvalue weighted by Gasteiger charge is -2.10. The summed E-state index contributed by atoms with van der Waals surface area (Å²) >= 11 is 3.10. The van der Waals surface area contributed by atoms with Gasteiger partial charge in [-0.1, -0.05) is 6.92 Å². The summed E-state index contributed by atoms with van der Waals surface area (Å²) in [6.07, 6.45) is 0. The minimum absolute atomic E-state index is 0.0370. The molecule has 7 heteroatoms. The van der Waals surface area contributed by atoms with E-state index in [1.165, 1.54) is 20.1 Å². The smallest absolute Gasteiger partial charge is 0.339 e. The Morgan fingerprint density at radius 1 is 1.47 bits per heavy atom. The van der Waals surface area contributed by atoms with Crippen molar-refractivity contribution in [3.8, 4) is 5.75 Å². The van der Waals surface area contributed by atoms with Gasteiger partial charge in [-0.05, 0) is 28.1 Å². The highest BCUT2D eigenvalue weighted by atomic mass is 79.9. The molecule has 0 saturated heterocycles. The third-order valence-corrected chi connectivity index (χ3v) is 4.49. The van der Waals surface area contributed by atoms with E-state index >= 15 is 0 Å². The summed E-state index contributed by atoms with van der Waals surface area (Å²) in [4.78, 5) is 11.0. The number of carboxylic acids is 1. The molecule has 0 unspecified atom stereocenters. The van der Waals surface area contributed by atoms with Crippen LogP contribution in [0.3, 0.4) is 0 Å². The largest absolute Gasteiger partial charge is 0.495 e. The van der Waals surface area contributed by atoms with E-state index in [4.69, 9.17) is 9.84 Å². The zero-order valence-electron chi connectivity index (χ0n) is 9.23. The van der Waals surface area contributed by atoms with Crippen molar-refractivity contribution in [3.05, 3.63) is 22.2 Å². The SMILES string of the molecule is CCS(=O)(=O)c1cc(Br)c(OC)c(C(=O)O)c1. The van der Waals surface area contributed by atoms with Gasteiger partial charge in [0.25, 0.3) is 0 Å². The molecule has 1 N–H and O–H groups in total. The molecular formula is C10H11BrO5S. The molecule has 5 nitrogen and oxygen atoms in total. The number of hydrogen-bond donors (Lipinski definition) is 1. The molecule has 1 aromatic rings. The summed E-state index contributed by atoms with van der Waals surface area (Å²) < 4.78 is 28.6. The standard InChI is InChI=1S/C10H11BrO5S/c1-3-17(14,15)6-4-7(10(12)13)9(16-2)8(11)5-6/h4-5H,3H2,1-2H3,(H,12,13). The van der Waals surface area contributed by atoms with Crippen LogP contribution in [0.5, 0.6) is 5.75 Å². The lowest BCUT2D eigenvalue weighted by molar-refractivity contribution is 0.0693. The zero-order chi connectivity index (χ0) is 13.2. The van der Waals surface area contributed by atoms with Crippen LogP contribution < -0.4 is 4.74 Å². The van der Waals surface area contributed by atoms with Gasteiger partial charge in [-0.3, -0.25) is 0 Å². The second-order valence-corrected chi connectivity index (χ2v) is 6.33. The van der Waals surface area contributed by atoms with E-state index in [1.54, 1.807) is 0 Å². The predicted octanol–water partition coefficient (Wildman–Crippen LogP) is 1.95. The molecule has 0 atom stereocenters. The average molecular weight is 323 g/mol. The Morgan fingerprint density at radius 2 is 2.06 bits per heavy atom. The van der Waals surface area contributed by atoms with Crippen LogP contribution in [0.1, 0.15) is 17.3 Å². The molecule has 1 rings (SSSR count). The highest BCUT2D eigenvalue weighted by molar-refractivity contribution is 9.10. The Bertz CT molecular complexity index is 550. The van der Waals surface area contributed by atoms with Gasteiger partial charge in [-0.2, -0.15) is 0 Å². The van der Waals surface area contributed by atoms with Gasteiger partial charge < -0.3 is 9.84 Å². The first-order valence-corrected chi connectivity index (χ1v) is 7.11. The molecule has 0 aliphatic carbocycles. The number of aromatic carboxylic acids is 1. The Hall–Kier alpha value is -1.08. The van der Waals surface area contributed by atoms with Crippen molar-refractivity contribution < 1.29 is 23.1 Å². The second kappa shape index (κ2) is 5.05. The fourth-order valence-corrected chi connectivity index (χ4v) is 2.98. The number of carbonyl (C=O) groups is 1. The van der Waals surface area contributed by atoms with E-state index in [1.807, 2.05) is 0 Å². The Labute approximate surface area is 107 Å². The van der Waals surface area contributed by atoms with Crippen molar-refractivity contribution in [1.29, 1.82) is 0 Å². The molecule has 0 saturated carbocycles. The molecule has 0 heterocycles. The third kappa shape index (κ3) is 2.78. The maximum atomic E-state index is 11.7. The maximum Gasteiger partial charge on any atom is 0.339 e. The van der Waals surface area contributed by atoms with Gasteiger partial charge in [-0.25, -0.2) is 13.2 Å². The van der Waals surface area contributed by atoms with Crippen molar-refractivity contribution in [3.63, 3.8) is 0 Å². The summed E-state index contributed by atoms with van der Waals surface area (Å²) in [5.41, 5.74) is -0.186. The number of sulfone groups is 1. The second-order valence-electron chi connectivity index (χ2n) is 3.19. The zero-order valence-corrected chi connectivity index (χ0v) is 11.6. The monoisotopic (exact) mass is 322 g/mol. The van der Waals surface area contributed by atoms with Gasteiger partial charge in [0.15, 0.2) is 9.84 Å². The first-order valence-electron chi connectivity index (χ1n) is 4.67. The van der Waals surface area contributed by atoms with Crippen molar-refractivity contribution in [2.75, 3.05) is 12.9 Å². The van der Waals surface area contributed by atoms with Crippen LogP contribution in [0.15, 0.2) is 21.5 Å². The number of carboxylic acid groups (broad SMARTS) is 1. The average Bonchev–Trinajstić information content (AvgIpc) is 2.27. The van der Waals surface area contributed by atoms with Crippen LogP contribution in [0.4, 0.5) is 0 Å². The normalized spacial score (nSPS) is 11.2. The molecule has 94 valence electrons. The first kappa shape index (κ1) is 14.0. The summed E-state index contributed by atoms with van der Waals surface area (Å²) in [6.45, 7) is 1.49. The highest BCUT2D eigenvalue weighted by Crippen LogP contribution is 2.32. The lowest BCUT2D eigenvalue weighted by atomic mass is 10.2. The van der Waals surface area contributed by atoms with Crippen LogP contribution in [-0.2, 0) is 9.84 Å². The summed E-state index contributed by atoms with van der Waals surface area (Å²) in [7, 11) is -2.13. The summed E-state index contributed by atoms with van der Waals surface area (Å²) in [5, 5.41) is 8.99. The Balaban J connectivity index is 3.56. The molecule has 0 aliphatic heterocycles. The third-order valence-electron chi connectivity index (χ3n) is 2.19. The van der Waals surface area contributed by atoms with Gasteiger partial charge in [0.1, 0.15) is 11.3 Å². The number of hydrogen-bond acceptors (Lipinski definition) is 4. The van der Waals surface area contributed by atoms with Crippen LogP contribution in [0.2, 0.25) is 0 Å². The molecule has 0 aromatic heterocycles. The van der Waals surface area contributed by atoms with Crippen LogP contribution >= 0.6 is 15.9 Å². The van der Waals surface area contributed by atoms with Crippen molar-refractivity contribution in [2.24, 2.45) is 0 Å². The van der Waals surface area contributed by atoms with Crippen molar-refractivity contribution in [2.45, 2.75) is 11.8 Å². The predicted molar refractivity (Wildman–Crippen MR) is 65.4 cm³/mol. The minimum atomic E-state index is -3.45. The van der Waals surface area contributed by atoms with Crippen LogP contribution in [0, 0.1) is 0 Å². The molecule has 0 aliphatic rings. The van der Waals surface area contributed by atoms with Gasteiger partial charge in [0.05, 0.1) is 22.2 Å². The Morgan fingerprint density at radius 3 is 2.47 bits per heavy atom. The molecule has 0 bridgehead atoms. The van der Waals surface area contributed by atoms with E-state index < -0.39 is 15.8 Å². The summed E-state index contributed by atoms with van der Waals surface area (Å²) in [6, 6.07) is 2.44. The number of halogens is 1. The van der Waals surface area contributed by atoms with Gasteiger partial charge in [0.2, 0.25) is 0 Å². The highest BCUT2D eigenvalue weighted by Gasteiger charge is 2.21. The van der Waals surface area contributed by atoms with Crippen molar-refractivity contribution >= 4 is 31.7 Å². The number of methoxy groups -OCH3 is 1. The minimum Gasteiger partial charge on any atom is -0.495 e. The molecule has 0 radical (unpaired) electrons. The van der Waals surface area contributed by atoms with E-state index in [2.05, 4.69) is 15.9 Å². The van der Waals surface area contributed by atoms with E-state index in [-0.39, 0.29) is 22.0 Å². The van der Waals surface area contributed by atoms with E-state index in [0.29, 0.717) is 4.47 Å².